The molecule has 0 saturated heterocycles. The van der Waals surface area contributed by atoms with Gasteiger partial charge in [0, 0.05) is 16.7 Å². The number of methoxy groups -OCH3 is 1. The molecule has 0 aliphatic heterocycles. The second kappa shape index (κ2) is 8.82. The van der Waals surface area contributed by atoms with Crippen LogP contribution in [0.2, 0.25) is 5.02 Å². The Hall–Kier alpha value is -3.13. The first-order chi connectivity index (χ1) is 12.4. The number of nitro benzene ring substituents is 1. The molecule has 2 aromatic carbocycles. The van der Waals surface area contributed by atoms with E-state index in [-0.39, 0.29) is 11.4 Å². The fourth-order valence-corrected chi connectivity index (χ4v) is 2.25. The quantitative estimate of drug-likeness (QED) is 0.453. The molecule has 136 valence electrons. The fraction of sp³-hybridized carbons (Fsp3) is 0.176. The predicted molar refractivity (Wildman–Crippen MR) is 96.9 cm³/mol. The number of ether oxygens (including phenoxy) is 2. The van der Waals surface area contributed by atoms with Crippen LogP contribution in [0.3, 0.4) is 0 Å². The maximum Gasteiger partial charge on any atom is 0.310 e. The Morgan fingerprint density at radius 1 is 1.27 bits per heavy atom. The minimum atomic E-state index is -0.582. The van der Waals surface area contributed by atoms with Gasteiger partial charge in [-0.05, 0) is 31.2 Å². The maximum absolute atomic E-state index is 11.9. The summed E-state index contributed by atoms with van der Waals surface area (Å²) in [5.41, 5.74) is 3.21. The van der Waals surface area contributed by atoms with Crippen LogP contribution in [0.4, 0.5) is 5.69 Å². The zero-order valence-electron chi connectivity index (χ0n) is 14.1. The summed E-state index contributed by atoms with van der Waals surface area (Å²) < 4.78 is 10.4. The molecule has 0 fully saturated rings. The number of hydrogen-bond acceptors (Lipinski definition) is 6. The first-order valence-electron chi connectivity index (χ1n) is 7.45. The van der Waals surface area contributed by atoms with Crippen LogP contribution in [0.1, 0.15) is 12.5 Å². The van der Waals surface area contributed by atoms with Gasteiger partial charge in [0.25, 0.3) is 5.91 Å². The Balaban J connectivity index is 2.02. The summed E-state index contributed by atoms with van der Waals surface area (Å²) in [6.45, 7) is 1.26. The van der Waals surface area contributed by atoms with Crippen molar-refractivity contribution in [3.8, 4) is 11.5 Å². The highest BCUT2D eigenvalue weighted by molar-refractivity contribution is 6.31. The van der Waals surface area contributed by atoms with Gasteiger partial charge in [0.1, 0.15) is 5.75 Å². The summed E-state index contributed by atoms with van der Waals surface area (Å²) in [6, 6.07) is 10.8. The zero-order chi connectivity index (χ0) is 19.1. The molecule has 8 nitrogen and oxygen atoms in total. The molecule has 0 spiro atoms. The van der Waals surface area contributed by atoms with Crippen molar-refractivity contribution in [3.63, 3.8) is 0 Å². The SMILES string of the molecule is COc1ccc(Cl)cc1/C(C)=N\NC(=O)COc1ccccc1[N+](=O)[O-]. The first kappa shape index (κ1) is 19.2. The normalized spacial score (nSPS) is 11.0. The van der Waals surface area contributed by atoms with Gasteiger partial charge in [-0.3, -0.25) is 14.9 Å². The highest BCUT2D eigenvalue weighted by Gasteiger charge is 2.15. The molecule has 0 aliphatic carbocycles. The van der Waals surface area contributed by atoms with Crippen molar-refractivity contribution >= 4 is 28.9 Å². The summed E-state index contributed by atoms with van der Waals surface area (Å²) in [4.78, 5) is 22.2. The highest BCUT2D eigenvalue weighted by atomic mass is 35.5. The van der Waals surface area contributed by atoms with Crippen LogP contribution >= 0.6 is 11.6 Å². The topological polar surface area (TPSA) is 103 Å². The lowest BCUT2D eigenvalue weighted by Gasteiger charge is -2.09. The molecule has 1 N–H and O–H groups in total. The van der Waals surface area contributed by atoms with Gasteiger partial charge < -0.3 is 9.47 Å². The molecule has 0 bridgehead atoms. The molecule has 0 unspecified atom stereocenters. The lowest BCUT2D eigenvalue weighted by molar-refractivity contribution is -0.385. The summed E-state index contributed by atoms with van der Waals surface area (Å²) in [5, 5.41) is 15.4. The number of halogens is 1. The average molecular weight is 378 g/mol. The summed E-state index contributed by atoms with van der Waals surface area (Å²) in [6.07, 6.45) is 0. The highest BCUT2D eigenvalue weighted by Crippen LogP contribution is 2.25. The number of nitrogens with zero attached hydrogens (tertiary/aromatic N) is 2. The largest absolute Gasteiger partial charge is 0.496 e. The third kappa shape index (κ3) is 4.93. The van der Waals surface area contributed by atoms with E-state index in [2.05, 4.69) is 10.5 Å². The van der Waals surface area contributed by atoms with Gasteiger partial charge in [-0.2, -0.15) is 5.10 Å². The molecule has 0 radical (unpaired) electrons. The van der Waals surface area contributed by atoms with Crippen LogP contribution in [-0.2, 0) is 4.79 Å². The van der Waals surface area contributed by atoms with Gasteiger partial charge >= 0.3 is 5.69 Å². The van der Waals surface area contributed by atoms with Gasteiger partial charge in [-0.25, -0.2) is 5.43 Å². The summed E-state index contributed by atoms with van der Waals surface area (Å²) in [7, 11) is 1.51. The number of hydrazone groups is 1. The molecule has 2 aromatic rings. The van der Waals surface area contributed by atoms with E-state index < -0.39 is 17.4 Å². The van der Waals surface area contributed by atoms with E-state index in [4.69, 9.17) is 21.1 Å². The molecule has 0 atom stereocenters. The molecule has 9 heteroatoms. The van der Waals surface area contributed by atoms with E-state index in [9.17, 15) is 14.9 Å². The first-order valence-corrected chi connectivity index (χ1v) is 7.83. The van der Waals surface area contributed by atoms with Gasteiger partial charge in [0.05, 0.1) is 17.7 Å². The lowest BCUT2D eigenvalue weighted by atomic mass is 10.1. The molecular formula is C17H16ClN3O5. The van der Waals surface area contributed by atoms with Crippen molar-refractivity contribution in [1.82, 2.24) is 5.43 Å². The van der Waals surface area contributed by atoms with Crippen molar-refractivity contribution < 1.29 is 19.2 Å². The van der Waals surface area contributed by atoms with Crippen molar-refractivity contribution in [1.29, 1.82) is 0 Å². The number of benzene rings is 2. The fourth-order valence-electron chi connectivity index (χ4n) is 2.07. The summed E-state index contributed by atoms with van der Waals surface area (Å²) in [5.74, 6) is -0.00517. The number of amides is 1. The monoisotopic (exact) mass is 377 g/mol. The van der Waals surface area contributed by atoms with E-state index >= 15 is 0 Å². The number of carbonyl (C=O) groups is 1. The number of nitrogens with one attached hydrogen (secondary N) is 1. The van der Waals surface area contributed by atoms with Crippen molar-refractivity contribution in [2.24, 2.45) is 5.10 Å². The molecular weight excluding hydrogens is 362 g/mol. The maximum atomic E-state index is 11.9. The predicted octanol–water partition coefficient (Wildman–Crippen LogP) is 3.18. The van der Waals surface area contributed by atoms with Gasteiger partial charge in [0.15, 0.2) is 12.4 Å². The average Bonchev–Trinajstić information content (AvgIpc) is 2.64. The van der Waals surface area contributed by atoms with Crippen LogP contribution in [0.15, 0.2) is 47.6 Å². The van der Waals surface area contributed by atoms with Crippen LogP contribution in [-0.4, -0.2) is 30.3 Å². The third-order valence-corrected chi connectivity index (χ3v) is 3.56. The minimum absolute atomic E-state index is 0.00450. The number of carbonyl (C=O) groups excluding carboxylic acids is 1. The van der Waals surface area contributed by atoms with Crippen molar-refractivity contribution in [2.75, 3.05) is 13.7 Å². The molecule has 2 rings (SSSR count). The molecule has 0 saturated carbocycles. The Morgan fingerprint density at radius 3 is 2.69 bits per heavy atom. The number of para-hydroxylation sites is 2. The Kier molecular flexibility index (Phi) is 6.51. The standard InChI is InChI=1S/C17H16ClN3O5/c1-11(13-9-12(18)7-8-15(13)25-2)19-20-17(22)10-26-16-6-4-3-5-14(16)21(23)24/h3-9H,10H2,1-2H3,(H,20,22)/b19-11-. The van der Waals surface area contributed by atoms with Crippen LogP contribution < -0.4 is 14.9 Å². The second-order valence-electron chi connectivity index (χ2n) is 5.09. The third-order valence-electron chi connectivity index (χ3n) is 3.32. The van der Waals surface area contributed by atoms with Gasteiger partial charge in [-0.15, -0.1) is 0 Å². The Labute approximate surface area is 154 Å². The number of nitro groups is 1. The van der Waals surface area contributed by atoms with E-state index in [1.165, 1.54) is 25.3 Å². The van der Waals surface area contributed by atoms with Gasteiger partial charge in [-0.1, -0.05) is 23.7 Å². The molecule has 26 heavy (non-hydrogen) atoms. The van der Waals surface area contributed by atoms with E-state index in [0.717, 1.165) is 0 Å². The van der Waals surface area contributed by atoms with E-state index in [0.29, 0.717) is 22.0 Å². The Bertz CT molecular complexity index is 854. The van der Waals surface area contributed by atoms with E-state index in [1.807, 2.05) is 0 Å². The van der Waals surface area contributed by atoms with Crippen LogP contribution in [0, 0.1) is 10.1 Å². The van der Waals surface area contributed by atoms with Crippen molar-refractivity contribution in [3.05, 3.63) is 63.2 Å². The lowest BCUT2D eigenvalue weighted by Crippen LogP contribution is -2.25. The number of hydrogen-bond donors (Lipinski definition) is 1. The molecule has 1 amide bonds. The summed E-state index contributed by atoms with van der Waals surface area (Å²) >= 11 is 5.97. The number of rotatable bonds is 7. The smallest absolute Gasteiger partial charge is 0.310 e. The van der Waals surface area contributed by atoms with Crippen LogP contribution in [0.25, 0.3) is 0 Å². The second-order valence-corrected chi connectivity index (χ2v) is 5.53. The van der Waals surface area contributed by atoms with Crippen molar-refractivity contribution in [2.45, 2.75) is 6.92 Å². The Morgan fingerprint density at radius 2 is 2.00 bits per heavy atom. The minimum Gasteiger partial charge on any atom is -0.496 e. The van der Waals surface area contributed by atoms with Gasteiger partial charge in [0.2, 0.25) is 0 Å². The zero-order valence-corrected chi connectivity index (χ0v) is 14.8. The molecule has 0 aliphatic rings. The molecule has 0 aromatic heterocycles. The van der Waals surface area contributed by atoms with Crippen LogP contribution in [0.5, 0.6) is 11.5 Å². The molecule has 0 heterocycles. The van der Waals surface area contributed by atoms with E-state index in [1.54, 1.807) is 31.2 Å².